The first-order chi connectivity index (χ1) is 11.9. The second-order valence-corrected chi connectivity index (χ2v) is 7.91. The Bertz CT molecular complexity index is 864. The summed E-state index contributed by atoms with van der Waals surface area (Å²) in [7, 11) is 1.88. The van der Waals surface area contributed by atoms with Crippen molar-refractivity contribution in [2.75, 3.05) is 6.54 Å². The average Bonchev–Trinajstić information content (AvgIpc) is 3.27. The number of hydrogen-bond donors (Lipinski definition) is 1. The lowest BCUT2D eigenvalue weighted by Gasteiger charge is -2.19. The Kier molecular flexibility index (Phi) is 3.89. The highest BCUT2D eigenvalue weighted by atomic mass is 16.1. The fourth-order valence-corrected chi connectivity index (χ4v) is 4.39. The largest absolute Gasteiger partial charge is 0.352 e. The maximum atomic E-state index is 13.0. The van der Waals surface area contributed by atoms with E-state index in [-0.39, 0.29) is 11.8 Å². The van der Waals surface area contributed by atoms with E-state index in [9.17, 15) is 4.79 Å². The molecule has 0 aliphatic heterocycles. The molecule has 4 rings (SSSR count). The Morgan fingerprint density at radius 3 is 2.80 bits per heavy atom. The van der Waals surface area contributed by atoms with E-state index in [1.54, 1.807) is 4.68 Å². The lowest BCUT2D eigenvalue weighted by molar-refractivity contribution is 0.0946. The minimum Gasteiger partial charge on any atom is -0.352 e. The maximum Gasteiger partial charge on any atom is 0.252 e. The molecule has 2 aromatic heterocycles. The van der Waals surface area contributed by atoms with Crippen LogP contribution in [0.15, 0.2) is 18.2 Å². The summed E-state index contributed by atoms with van der Waals surface area (Å²) in [6, 6.07) is 1.94. The Hall–Kier alpha value is -2.17. The number of aromatic nitrogens is 3. The van der Waals surface area contributed by atoms with Gasteiger partial charge in [-0.15, -0.1) is 0 Å². The fourth-order valence-electron chi connectivity index (χ4n) is 4.39. The summed E-state index contributed by atoms with van der Waals surface area (Å²) in [5.74, 6) is 2.22. The van der Waals surface area contributed by atoms with E-state index >= 15 is 0 Å². The van der Waals surface area contributed by atoms with Crippen LogP contribution in [0.2, 0.25) is 0 Å². The lowest BCUT2D eigenvalue weighted by atomic mass is 9.93. The maximum absolute atomic E-state index is 13.0. The van der Waals surface area contributed by atoms with Crippen molar-refractivity contribution >= 4 is 16.9 Å². The number of nitrogens with zero attached hydrogens (tertiary/aromatic N) is 3. The zero-order valence-electron chi connectivity index (χ0n) is 15.4. The van der Waals surface area contributed by atoms with Gasteiger partial charge in [0.25, 0.3) is 5.91 Å². The van der Waals surface area contributed by atoms with Gasteiger partial charge in [0.05, 0.1) is 16.6 Å². The molecule has 1 saturated carbocycles. The van der Waals surface area contributed by atoms with Gasteiger partial charge in [0, 0.05) is 19.3 Å². The molecule has 2 aliphatic carbocycles. The third-order valence-electron chi connectivity index (χ3n) is 5.77. The van der Waals surface area contributed by atoms with Crippen LogP contribution in [0.3, 0.4) is 0 Å². The number of allylic oxidation sites excluding steroid dienone is 2. The molecule has 3 atom stereocenters. The van der Waals surface area contributed by atoms with Crippen molar-refractivity contribution in [2.24, 2.45) is 24.8 Å². The van der Waals surface area contributed by atoms with Crippen molar-refractivity contribution < 1.29 is 4.79 Å². The molecule has 1 fully saturated rings. The van der Waals surface area contributed by atoms with Gasteiger partial charge in [0.2, 0.25) is 0 Å². The standard InChI is InChI=1S/C20H26N4O/c1-11(2)17-9-16(18-12(3)23-24(4)19(18)22-17)20(25)21-10-15-8-13-5-6-14(15)7-13/h5-6,9,11,13-15H,7-8,10H2,1-4H3,(H,21,25)/t13-,14-,15-/m1/s1. The Balaban J connectivity index is 1.62. The number of rotatable bonds is 4. The highest BCUT2D eigenvalue weighted by molar-refractivity contribution is 6.06. The van der Waals surface area contributed by atoms with E-state index in [0.717, 1.165) is 34.9 Å². The normalized spacial score (nSPS) is 24.6. The second-order valence-electron chi connectivity index (χ2n) is 7.91. The monoisotopic (exact) mass is 338 g/mol. The SMILES string of the molecule is Cc1nn(C)c2nc(C(C)C)cc(C(=O)NC[C@H]3C[C@@H]4C=C[C@@H]3C4)c12. The van der Waals surface area contributed by atoms with Crippen molar-refractivity contribution in [1.29, 1.82) is 0 Å². The van der Waals surface area contributed by atoms with Gasteiger partial charge in [-0.25, -0.2) is 4.98 Å². The van der Waals surface area contributed by atoms with E-state index in [4.69, 9.17) is 4.98 Å². The van der Waals surface area contributed by atoms with Crippen molar-refractivity contribution in [1.82, 2.24) is 20.1 Å². The fraction of sp³-hybridized carbons (Fsp3) is 0.550. The summed E-state index contributed by atoms with van der Waals surface area (Å²) in [6.45, 7) is 6.89. The van der Waals surface area contributed by atoms with E-state index in [1.165, 1.54) is 12.8 Å². The third-order valence-corrected chi connectivity index (χ3v) is 5.77. The first-order valence-electron chi connectivity index (χ1n) is 9.24. The summed E-state index contributed by atoms with van der Waals surface area (Å²) >= 11 is 0. The van der Waals surface area contributed by atoms with Crippen molar-refractivity contribution in [2.45, 2.75) is 39.5 Å². The number of nitrogens with one attached hydrogen (secondary N) is 1. The molecule has 25 heavy (non-hydrogen) atoms. The first-order valence-corrected chi connectivity index (χ1v) is 9.24. The van der Waals surface area contributed by atoms with Crippen LogP contribution in [0.5, 0.6) is 0 Å². The third kappa shape index (κ3) is 2.75. The molecule has 0 aromatic carbocycles. The highest BCUT2D eigenvalue weighted by Crippen LogP contribution is 2.43. The van der Waals surface area contributed by atoms with E-state index in [1.807, 2.05) is 20.0 Å². The summed E-state index contributed by atoms with van der Waals surface area (Å²) < 4.78 is 1.77. The molecule has 0 unspecified atom stereocenters. The van der Waals surface area contributed by atoms with Gasteiger partial charge in [0.1, 0.15) is 0 Å². The molecule has 2 bridgehead atoms. The van der Waals surface area contributed by atoms with Gasteiger partial charge in [-0.2, -0.15) is 5.10 Å². The second kappa shape index (κ2) is 5.97. The molecule has 2 aromatic rings. The quantitative estimate of drug-likeness (QED) is 0.870. The number of aryl methyl sites for hydroxylation is 2. The smallest absolute Gasteiger partial charge is 0.252 e. The molecule has 5 heteroatoms. The Labute approximate surface area is 148 Å². The predicted molar refractivity (Wildman–Crippen MR) is 98.5 cm³/mol. The van der Waals surface area contributed by atoms with E-state index < -0.39 is 0 Å². The van der Waals surface area contributed by atoms with Crippen LogP contribution in [-0.2, 0) is 7.05 Å². The molecule has 2 aliphatic rings. The molecule has 132 valence electrons. The molecule has 0 radical (unpaired) electrons. The summed E-state index contributed by atoms with van der Waals surface area (Å²) in [5, 5.41) is 8.52. The van der Waals surface area contributed by atoms with Crippen LogP contribution in [-0.4, -0.2) is 27.2 Å². The molecule has 5 nitrogen and oxygen atoms in total. The zero-order chi connectivity index (χ0) is 17.7. The molecule has 2 heterocycles. The van der Waals surface area contributed by atoms with Gasteiger partial charge in [-0.3, -0.25) is 9.48 Å². The molecule has 0 spiro atoms. The highest BCUT2D eigenvalue weighted by Gasteiger charge is 2.35. The topological polar surface area (TPSA) is 59.8 Å². The molecule has 1 amide bonds. The molecular weight excluding hydrogens is 312 g/mol. The van der Waals surface area contributed by atoms with Crippen LogP contribution in [0.1, 0.15) is 54.4 Å². The van der Waals surface area contributed by atoms with Crippen molar-refractivity contribution in [3.8, 4) is 0 Å². The number of carbonyl (C=O) groups excluding carboxylic acids is 1. The van der Waals surface area contributed by atoms with Crippen LogP contribution < -0.4 is 5.32 Å². The number of fused-ring (bicyclic) bond motifs is 3. The van der Waals surface area contributed by atoms with Gasteiger partial charge in [-0.1, -0.05) is 26.0 Å². The molecular formula is C20H26N4O. The van der Waals surface area contributed by atoms with Gasteiger partial charge < -0.3 is 5.32 Å². The Morgan fingerprint density at radius 2 is 2.16 bits per heavy atom. The van der Waals surface area contributed by atoms with Crippen molar-refractivity contribution in [3.63, 3.8) is 0 Å². The van der Waals surface area contributed by atoms with Crippen LogP contribution in [0, 0.1) is 24.7 Å². The van der Waals surface area contributed by atoms with Gasteiger partial charge in [0.15, 0.2) is 5.65 Å². The zero-order valence-corrected chi connectivity index (χ0v) is 15.4. The Morgan fingerprint density at radius 1 is 1.36 bits per heavy atom. The summed E-state index contributed by atoms with van der Waals surface area (Å²) in [5.41, 5.74) is 3.28. The van der Waals surface area contributed by atoms with Crippen molar-refractivity contribution in [3.05, 3.63) is 35.2 Å². The first kappa shape index (κ1) is 16.3. The molecule has 0 saturated heterocycles. The van der Waals surface area contributed by atoms with Crippen LogP contribution >= 0.6 is 0 Å². The number of pyridine rings is 1. The summed E-state index contributed by atoms with van der Waals surface area (Å²) in [6.07, 6.45) is 7.14. The number of hydrogen-bond acceptors (Lipinski definition) is 3. The van der Waals surface area contributed by atoms with E-state index in [2.05, 4.69) is 36.4 Å². The predicted octanol–water partition coefficient (Wildman–Crippen LogP) is 3.34. The van der Waals surface area contributed by atoms with Crippen LogP contribution in [0.4, 0.5) is 0 Å². The molecule has 1 N–H and O–H groups in total. The minimum absolute atomic E-state index is 0.00264. The van der Waals surface area contributed by atoms with Gasteiger partial charge in [-0.05, 0) is 49.5 Å². The average molecular weight is 338 g/mol. The summed E-state index contributed by atoms with van der Waals surface area (Å²) in [4.78, 5) is 17.7. The number of amides is 1. The lowest BCUT2D eigenvalue weighted by Crippen LogP contribution is -2.31. The minimum atomic E-state index is -0.00264. The van der Waals surface area contributed by atoms with Crippen LogP contribution in [0.25, 0.3) is 11.0 Å². The van der Waals surface area contributed by atoms with E-state index in [0.29, 0.717) is 17.4 Å². The van der Waals surface area contributed by atoms with Gasteiger partial charge >= 0.3 is 0 Å². The number of carbonyl (C=O) groups is 1.